The molecule has 1 aliphatic heterocycles. The minimum Gasteiger partial charge on any atom is -0.481 e. The van der Waals surface area contributed by atoms with Gasteiger partial charge in [0.15, 0.2) is 5.69 Å². The molecule has 1 fully saturated rings. The Morgan fingerprint density at radius 3 is 2.83 bits per heavy atom. The third kappa shape index (κ3) is 3.38. The number of rotatable bonds is 3. The Labute approximate surface area is 130 Å². The lowest BCUT2D eigenvalue weighted by atomic mass is 10.1. The molecule has 124 valence electrons. The van der Waals surface area contributed by atoms with Gasteiger partial charge < -0.3 is 9.64 Å². The molecule has 0 spiro atoms. The molecule has 0 saturated carbocycles. The normalized spacial score (nSPS) is 19.0. The molecule has 1 aliphatic rings. The summed E-state index contributed by atoms with van der Waals surface area (Å²) in [5.41, 5.74) is -0.868. The number of alkyl halides is 3. The van der Waals surface area contributed by atoms with Crippen LogP contribution in [0.5, 0.6) is 5.88 Å². The molecule has 23 heavy (non-hydrogen) atoms. The van der Waals surface area contributed by atoms with Crippen molar-refractivity contribution >= 4 is 5.95 Å². The number of halogens is 3. The zero-order valence-electron chi connectivity index (χ0n) is 12.5. The van der Waals surface area contributed by atoms with Crippen molar-refractivity contribution in [3.05, 3.63) is 30.2 Å². The fourth-order valence-electron chi connectivity index (χ4n) is 2.64. The van der Waals surface area contributed by atoms with Crippen LogP contribution in [0.15, 0.2) is 24.5 Å². The van der Waals surface area contributed by atoms with Crippen LogP contribution in [0.25, 0.3) is 0 Å². The Morgan fingerprint density at radius 2 is 2.13 bits per heavy atom. The van der Waals surface area contributed by atoms with Gasteiger partial charge in [-0.05, 0) is 18.9 Å². The second-order valence-corrected chi connectivity index (χ2v) is 5.32. The van der Waals surface area contributed by atoms with Gasteiger partial charge in [0.2, 0.25) is 11.8 Å². The van der Waals surface area contributed by atoms with Crippen molar-refractivity contribution in [2.45, 2.75) is 25.1 Å². The van der Waals surface area contributed by atoms with E-state index in [9.17, 15) is 13.2 Å². The predicted octanol–water partition coefficient (Wildman–Crippen LogP) is 2.54. The second-order valence-electron chi connectivity index (χ2n) is 5.32. The fraction of sp³-hybridized carbons (Fsp3) is 0.500. The van der Waals surface area contributed by atoms with Crippen molar-refractivity contribution in [3.63, 3.8) is 0 Å². The van der Waals surface area contributed by atoms with Crippen molar-refractivity contribution < 1.29 is 17.9 Å². The van der Waals surface area contributed by atoms with Gasteiger partial charge in [0, 0.05) is 31.5 Å². The smallest absolute Gasteiger partial charge is 0.435 e. The number of anilines is 1. The number of hydrogen-bond acceptors (Lipinski definition) is 5. The van der Waals surface area contributed by atoms with E-state index in [1.54, 1.807) is 12.3 Å². The summed E-state index contributed by atoms with van der Waals surface area (Å²) in [6.07, 6.45) is 0.144. The molecule has 1 saturated heterocycles. The molecule has 0 amide bonds. The Hall–Kier alpha value is -2.32. The lowest BCUT2D eigenvalue weighted by molar-refractivity contribution is -0.141. The first-order chi connectivity index (χ1) is 11.0. The first-order valence-corrected chi connectivity index (χ1v) is 7.21. The van der Waals surface area contributed by atoms with Crippen molar-refractivity contribution in [2.75, 3.05) is 25.1 Å². The predicted molar refractivity (Wildman–Crippen MR) is 76.3 cm³/mol. The van der Waals surface area contributed by atoms with Crippen LogP contribution in [-0.4, -0.2) is 39.9 Å². The monoisotopic (exact) mass is 327 g/mol. The van der Waals surface area contributed by atoms with Gasteiger partial charge in [0.25, 0.3) is 0 Å². The van der Waals surface area contributed by atoms with Crippen molar-refractivity contribution in [1.82, 2.24) is 19.7 Å². The SMILES string of the molecule is COc1ccnc(N2CCCC(n3ccc(C(F)(F)F)n3)C2)n1. The molecule has 0 N–H and O–H groups in total. The van der Waals surface area contributed by atoms with Crippen molar-refractivity contribution in [2.24, 2.45) is 0 Å². The maximum absolute atomic E-state index is 12.7. The van der Waals surface area contributed by atoms with E-state index in [1.165, 1.54) is 18.0 Å². The van der Waals surface area contributed by atoms with Crippen molar-refractivity contribution in [3.8, 4) is 5.88 Å². The number of aromatic nitrogens is 4. The Morgan fingerprint density at radius 1 is 1.30 bits per heavy atom. The Kier molecular flexibility index (Phi) is 4.10. The molecule has 0 bridgehead atoms. The van der Waals surface area contributed by atoms with Crippen LogP contribution in [0, 0.1) is 0 Å². The average Bonchev–Trinajstić information content (AvgIpc) is 3.05. The van der Waals surface area contributed by atoms with Crippen molar-refractivity contribution in [1.29, 1.82) is 0 Å². The summed E-state index contributed by atoms with van der Waals surface area (Å²) >= 11 is 0. The average molecular weight is 327 g/mol. The van der Waals surface area contributed by atoms with Gasteiger partial charge in [-0.3, -0.25) is 4.68 Å². The maximum Gasteiger partial charge on any atom is 0.435 e. The first-order valence-electron chi connectivity index (χ1n) is 7.21. The summed E-state index contributed by atoms with van der Waals surface area (Å²) in [5, 5.41) is 3.67. The molecule has 0 aromatic carbocycles. The molecule has 0 radical (unpaired) electrons. The van der Waals surface area contributed by atoms with E-state index < -0.39 is 11.9 Å². The van der Waals surface area contributed by atoms with Gasteiger partial charge in [-0.1, -0.05) is 0 Å². The topological polar surface area (TPSA) is 56.1 Å². The van der Waals surface area contributed by atoms with E-state index >= 15 is 0 Å². The molecule has 2 aromatic heterocycles. The summed E-state index contributed by atoms with van der Waals surface area (Å²) in [6, 6.07) is 2.50. The lowest BCUT2D eigenvalue weighted by Gasteiger charge is -2.32. The standard InChI is InChI=1S/C14H16F3N5O/c1-23-12-4-6-18-13(19-12)21-7-2-3-10(9-21)22-8-5-11(20-22)14(15,16)17/h4-6,8,10H,2-3,7,9H2,1H3. The first kappa shape index (κ1) is 15.6. The van der Waals surface area contributed by atoms with E-state index in [0.29, 0.717) is 18.4 Å². The van der Waals surface area contributed by atoms with E-state index in [0.717, 1.165) is 25.5 Å². The van der Waals surface area contributed by atoms with Gasteiger partial charge in [-0.25, -0.2) is 4.98 Å². The van der Waals surface area contributed by atoms with E-state index in [4.69, 9.17) is 4.74 Å². The highest BCUT2D eigenvalue weighted by molar-refractivity contribution is 5.32. The van der Waals surface area contributed by atoms with Crippen LogP contribution in [-0.2, 0) is 6.18 Å². The minimum absolute atomic E-state index is 0.144. The molecular formula is C14H16F3N5O. The Bertz CT molecular complexity index is 672. The van der Waals surface area contributed by atoms with E-state index in [-0.39, 0.29) is 6.04 Å². The molecule has 1 unspecified atom stereocenters. The van der Waals surface area contributed by atoms with Crippen LogP contribution < -0.4 is 9.64 Å². The largest absolute Gasteiger partial charge is 0.481 e. The highest BCUT2D eigenvalue weighted by atomic mass is 19.4. The maximum atomic E-state index is 12.7. The van der Waals surface area contributed by atoms with Gasteiger partial charge >= 0.3 is 6.18 Å². The fourth-order valence-corrected chi connectivity index (χ4v) is 2.64. The summed E-state index contributed by atoms with van der Waals surface area (Å²) in [4.78, 5) is 10.4. The highest BCUT2D eigenvalue weighted by Gasteiger charge is 2.34. The zero-order valence-corrected chi connectivity index (χ0v) is 12.5. The minimum atomic E-state index is -4.42. The van der Waals surface area contributed by atoms with Crippen LogP contribution >= 0.6 is 0 Å². The number of methoxy groups -OCH3 is 1. The van der Waals surface area contributed by atoms with Crippen LogP contribution in [0.3, 0.4) is 0 Å². The number of ether oxygens (including phenoxy) is 1. The zero-order chi connectivity index (χ0) is 16.4. The number of hydrogen-bond donors (Lipinski definition) is 0. The second kappa shape index (κ2) is 6.05. The van der Waals surface area contributed by atoms with E-state index in [1.807, 2.05) is 4.90 Å². The molecule has 3 heterocycles. The van der Waals surface area contributed by atoms with Crippen LogP contribution in [0.1, 0.15) is 24.6 Å². The quantitative estimate of drug-likeness (QED) is 0.867. The number of piperidine rings is 1. The molecule has 6 nitrogen and oxygen atoms in total. The molecule has 2 aromatic rings. The van der Waals surface area contributed by atoms with Crippen LogP contribution in [0.4, 0.5) is 19.1 Å². The summed E-state index contributed by atoms with van der Waals surface area (Å²) in [7, 11) is 1.52. The summed E-state index contributed by atoms with van der Waals surface area (Å²) in [5.74, 6) is 0.966. The van der Waals surface area contributed by atoms with Gasteiger partial charge in [-0.2, -0.15) is 23.3 Å². The lowest BCUT2D eigenvalue weighted by Crippen LogP contribution is -2.38. The molecule has 1 atom stereocenters. The molecule has 9 heteroatoms. The molecular weight excluding hydrogens is 311 g/mol. The molecule has 3 rings (SSSR count). The third-order valence-electron chi connectivity index (χ3n) is 3.78. The Balaban J connectivity index is 1.76. The van der Waals surface area contributed by atoms with Gasteiger partial charge in [0.05, 0.1) is 13.2 Å². The summed E-state index contributed by atoms with van der Waals surface area (Å²) in [6.45, 7) is 1.25. The van der Waals surface area contributed by atoms with Gasteiger partial charge in [0.1, 0.15) is 0 Å². The van der Waals surface area contributed by atoms with E-state index in [2.05, 4.69) is 15.1 Å². The third-order valence-corrected chi connectivity index (χ3v) is 3.78. The number of nitrogens with zero attached hydrogens (tertiary/aromatic N) is 5. The molecule has 0 aliphatic carbocycles. The van der Waals surface area contributed by atoms with Crippen LogP contribution in [0.2, 0.25) is 0 Å². The summed E-state index contributed by atoms with van der Waals surface area (Å²) < 4.78 is 44.5. The highest BCUT2D eigenvalue weighted by Crippen LogP contribution is 2.30. The van der Waals surface area contributed by atoms with Gasteiger partial charge in [-0.15, -0.1) is 0 Å².